The van der Waals surface area contributed by atoms with E-state index in [1.165, 1.54) is 19.0 Å². The Morgan fingerprint density at radius 2 is 2.54 bits per heavy atom. The minimum atomic E-state index is -0.452. The van der Waals surface area contributed by atoms with Gasteiger partial charge in [0.05, 0.1) is 6.20 Å². The molecular weight excluding hydrogens is 168 g/mol. The quantitative estimate of drug-likeness (QED) is 0.624. The lowest BCUT2D eigenvalue weighted by atomic mass is 10.3. The molecule has 0 aromatic carbocycles. The van der Waals surface area contributed by atoms with E-state index in [2.05, 4.69) is 15.5 Å². The highest BCUT2D eigenvalue weighted by Gasteiger charge is 2.21. The second-order valence-corrected chi connectivity index (χ2v) is 3.35. The summed E-state index contributed by atoms with van der Waals surface area (Å²) in [7, 11) is 0. The van der Waals surface area contributed by atoms with Crippen molar-refractivity contribution in [3.63, 3.8) is 0 Å². The Balaban J connectivity index is 2.00. The molecule has 0 aliphatic heterocycles. The first-order chi connectivity index (χ1) is 6.27. The van der Waals surface area contributed by atoms with Crippen molar-refractivity contribution < 1.29 is 4.79 Å². The number of carbonyl (C=O) groups is 1. The van der Waals surface area contributed by atoms with Crippen molar-refractivity contribution in [1.29, 1.82) is 0 Å². The highest BCUT2D eigenvalue weighted by atomic mass is 16.1. The van der Waals surface area contributed by atoms with Crippen LogP contribution in [0, 0.1) is 5.92 Å². The van der Waals surface area contributed by atoms with Crippen LogP contribution < -0.4 is 11.1 Å². The fraction of sp³-hybridized carbons (Fsp3) is 0.500. The van der Waals surface area contributed by atoms with E-state index < -0.39 is 5.91 Å². The molecule has 1 aromatic rings. The number of nitrogens with two attached hydrogens (primary N) is 1. The number of H-pyrrole nitrogens is 1. The zero-order chi connectivity index (χ0) is 9.26. The maximum atomic E-state index is 10.9. The van der Waals surface area contributed by atoms with E-state index in [9.17, 15) is 4.79 Å². The number of amides is 1. The monoisotopic (exact) mass is 180 g/mol. The van der Waals surface area contributed by atoms with Gasteiger partial charge in [-0.2, -0.15) is 5.10 Å². The lowest BCUT2D eigenvalue weighted by Crippen LogP contribution is -2.14. The number of hydrogen-bond donors (Lipinski definition) is 3. The first-order valence-corrected chi connectivity index (χ1v) is 4.34. The summed E-state index contributed by atoms with van der Waals surface area (Å²) >= 11 is 0. The lowest BCUT2D eigenvalue weighted by molar-refractivity contribution is 0.100. The molecule has 0 radical (unpaired) electrons. The number of aromatic nitrogens is 2. The fourth-order valence-corrected chi connectivity index (χ4v) is 1.18. The molecule has 0 saturated heterocycles. The van der Waals surface area contributed by atoms with Crippen LogP contribution in [0.2, 0.25) is 0 Å². The molecule has 4 N–H and O–H groups in total. The van der Waals surface area contributed by atoms with Gasteiger partial charge >= 0.3 is 0 Å². The molecule has 1 aromatic heterocycles. The molecule has 1 fully saturated rings. The van der Waals surface area contributed by atoms with E-state index >= 15 is 0 Å². The van der Waals surface area contributed by atoms with E-state index in [-0.39, 0.29) is 0 Å². The van der Waals surface area contributed by atoms with Gasteiger partial charge in [0.1, 0.15) is 11.4 Å². The van der Waals surface area contributed by atoms with E-state index in [1.807, 2.05) is 0 Å². The lowest BCUT2D eigenvalue weighted by Gasteiger charge is -2.02. The van der Waals surface area contributed by atoms with Crippen molar-refractivity contribution in [2.75, 3.05) is 11.9 Å². The number of nitrogens with zero attached hydrogens (tertiary/aromatic N) is 1. The predicted molar refractivity (Wildman–Crippen MR) is 48.3 cm³/mol. The van der Waals surface area contributed by atoms with E-state index in [4.69, 9.17) is 5.73 Å². The summed E-state index contributed by atoms with van der Waals surface area (Å²) in [5.41, 5.74) is 5.57. The van der Waals surface area contributed by atoms with Crippen LogP contribution in [-0.2, 0) is 0 Å². The van der Waals surface area contributed by atoms with Crippen molar-refractivity contribution in [1.82, 2.24) is 10.2 Å². The molecule has 13 heavy (non-hydrogen) atoms. The van der Waals surface area contributed by atoms with Gasteiger partial charge in [-0.25, -0.2) is 0 Å². The third-order valence-corrected chi connectivity index (χ3v) is 2.17. The highest BCUT2D eigenvalue weighted by Crippen LogP contribution is 2.28. The molecule has 5 heteroatoms. The SMILES string of the molecule is NC(=O)c1cn[nH]c1NCC1CC1. The third-order valence-electron chi connectivity index (χ3n) is 2.17. The van der Waals surface area contributed by atoms with Gasteiger partial charge in [-0.3, -0.25) is 9.89 Å². The summed E-state index contributed by atoms with van der Waals surface area (Å²) in [6, 6.07) is 0. The molecule has 2 rings (SSSR count). The molecule has 0 spiro atoms. The molecular formula is C8H12N4O. The Kier molecular flexibility index (Phi) is 1.92. The average molecular weight is 180 g/mol. The summed E-state index contributed by atoms with van der Waals surface area (Å²) in [5, 5.41) is 9.58. The maximum absolute atomic E-state index is 10.9. The molecule has 1 amide bonds. The Labute approximate surface area is 75.7 Å². The summed E-state index contributed by atoms with van der Waals surface area (Å²) in [4.78, 5) is 10.9. The normalized spacial score (nSPS) is 15.7. The van der Waals surface area contributed by atoms with Crippen LogP contribution in [0.4, 0.5) is 5.82 Å². The Hall–Kier alpha value is -1.52. The summed E-state index contributed by atoms with van der Waals surface area (Å²) < 4.78 is 0. The average Bonchev–Trinajstić information content (AvgIpc) is 2.79. The number of aromatic amines is 1. The Morgan fingerprint density at radius 1 is 1.77 bits per heavy atom. The van der Waals surface area contributed by atoms with E-state index in [1.54, 1.807) is 0 Å². The molecule has 0 unspecified atom stereocenters. The largest absolute Gasteiger partial charge is 0.370 e. The van der Waals surface area contributed by atoms with Gasteiger partial charge in [-0.05, 0) is 18.8 Å². The van der Waals surface area contributed by atoms with E-state index in [0.717, 1.165) is 12.5 Å². The second kappa shape index (κ2) is 3.08. The molecule has 70 valence electrons. The number of rotatable bonds is 4. The van der Waals surface area contributed by atoms with Gasteiger partial charge in [0.25, 0.3) is 5.91 Å². The number of nitrogens with one attached hydrogen (secondary N) is 2. The fourth-order valence-electron chi connectivity index (χ4n) is 1.18. The molecule has 5 nitrogen and oxygen atoms in total. The topological polar surface area (TPSA) is 83.8 Å². The van der Waals surface area contributed by atoms with Crippen LogP contribution in [0.5, 0.6) is 0 Å². The van der Waals surface area contributed by atoms with Gasteiger partial charge in [0, 0.05) is 6.54 Å². The Bertz CT molecular complexity index is 316. The van der Waals surface area contributed by atoms with Crippen molar-refractivity contribution in [2.24, 2.45) is 11.7 Å². The smallest absolute Gasteiger partial charge is 0.254 e. The summed E-state index contributed by atoms with van der Waals surface area (Å²) in [5.74, 6) is 0.940. The second-order valence-electron chi connectivity index (χ2n) is 3.35. The summed E-state index contributed by atoms with van der Waals surface area (Å²) in [6.07, 6.45) is 3.98. The standard InChI is InChI=1S/C8H12N4O/c9-7(13)6-4-11-12-8(6)10-3-5-1-2-5/h4-5H,1-3H2,(H2,9,13)(H2,10,11,12). The van der Waals surface area contributed by atoms with Crippen LogP contribution in [0.1, 0.15) is 23.2 Å². The highest BCUT2D eigenvalue weighted by molar-refractivity contribution is 5.97. The minimum absolute atomic E-state index is 0.431. The number of carbonyl (C=O) groups excluding carboxylic acids is 1. The molecule has 0 atom stereocenters. The third kappa shape index (κ3) is 1.80. The van der Waals surface area contributed by atoms with Gasteiger partial charge < -0.3 is 11.1 Å². The molecule has 1 aliphatic carbocycles. The molecule has 1 heterocycles. The van der Waals surface area contributed by atoms with Gasteiger partial charge in [-0.15, -0.1) is 0 Å². The number of hydrogen-bond acceptors (Lipinski definition) is 3. The first-order valence-electron chi connectivity index (χ1n) is 4.34. The molecule has 1 aliphatic rings. The minimum Gasteiger partial charge on any atom is -0.370 e. The van der Waals surface area contributed by atoms with Crippen LogP contribution >= 0.6 is 0 Å². The van der Waals surface area contributed by atoms with Crippen LogP contribution in [-0.4, -0.2) is 22.6 Å². The maximum Gasteiger partial charge on any atom is 0.254 e. The van der Waals surface area contributed by atoms with Crippen molar-refractivity contribution >= 4 is 11.7 Å². The predicted octanol–water partition coefficient (Wildman–Crippen LogP) is 0.330. The van der Waals surface area contributed by atoms with Crippen LogP contribution in [0.3, 0.4) is 0 Å². The molecule has 1 saturated carbocycles. The van der Waals surface area contributed by atoms with Crippen LogP contribution in [0.25, 0.3) is 0 Å². The molecule has 0 bridgehead atoms. The Morgan fingerprint density at radius 3 is 3.15 bits per heavy atom. The van der Waals surface area contributed by atoms with Gasteiger partial charge in [0.15, 0.2) is 0 Å². The van der Waals surface area contributed by atoms with Gasteiger partial charge in [-0.1, -0.05) is 0 Å². The number of anilines is 1. The van der Waals surface area contributed by atoms with Crippen molar-refractivity contribution in [3.05, 3.63) is 11.8 Å². The van der Waals surface area contributed by atoms with E-state index in [0.29, 0.717) is 11.4 Å². The summed E-state index contributed by atoms with van der Waals surface area (Å²) in [6.45, 7) is 0.891. The zero-order valence-corrected chi connectivity index (χ0v) is 7.21. The van der Waals surface area contributed by atoms with Crippen molar-refractivity contribution in [2.45, 2.75) is 12.8 Å². The van der Waals surface area contributed by atoms with Crippen LogP contribution in [0.15, 0.2) is 6.20 Å². The first kappa shape index (κ1) is 8.10. The van der Waals surface area contributed by atoms with Gasteiger partial charge in [0.2, 0.25) is 0 Å². The zero-order valence-electron chi connectivity index (χ0n) is 7.21. The van der Waals surface area contributed by atoms with Crippen molar-refractivity contribution in [3.8, 4) is 0 Å². The number of primary amides is 1.